The third-order valence-electron chi connectivity index (χ3n) is 3.19. The second kappa shape index (κ2) is 8.98. The van der Waals surface area contributed by atoms with E-state index in [9.17, 15) is 14.0 Å². The standard InChI is InChI=1S/C16H26FNO5/c1-16(2,3)23-15(21)14(12-9-11(17)10-18-12)22-8-6-4-5-7-13(19)20/h5,7,11-12,14,18H,4,6,8-10H2,1-3H3,(H,19,20)/t11-,12-,14?/m0/s1. The molecule has 2 N–H and O–H groups in total. The second-order valence-corrected chi connectivity index (χ2v) is 6.56. The van der Waals surface area contributed by atoms with E-state index in [1.54, 1.807) is 20.8 Å². The minimum atomic E-state index is -0.998. The zero-order valence-corrected chi connectivity index (χ0v) is 13.9. The fourth-order valence-electron chi connectivity index (χ4n) is 2.26. The molecule has 0 aromatic heterocycles. The Kier molecular flexibility index (Phi) is 7.64. The highest BCUT2D eigenvalue weighted by Crippen LogP contribution is 2.19. The molecule has 23 heavy (non-hydrogen) atoms. The summed E-state index contributed by atoms with van der Waals surface area (Å²) in [5.74, 6) is -1.51. The maximum atomic E-state index is 13.4. The lowest BCUT2D eigenvalue weighted by Crippen LogP contribution is -2.45. The highest BCUT2D eigenvalue weighted by atomic mass is 19.1. The monoisotopic (exact) mass is 331 g/mol. The number of carbonyl (C=O) groups excluding carboxylic acids is 1. The third kappa shape index (κ3) is 8.08. The van der Waals surface area contributed by atoms with Crippen LogP contribution in [0.3, 0.4) is 0 Å². The van der Waals surface area contributed by atoms with Gasteiger partial charge in [-0.15, -0.1) is 0 Å². The van der Waals surface area contributed by atoms with Crippen molar-refractivity contribution in [3.05, 3.63) is 12.2 Å². The van der Waals surface area contributed by atoms with Gasteiger partial charge in [0.15, 0.2) is 6.10 Å². The molecule has 1 heterocycles. The molecule has 3 atom stereocenters. The summed E-state index contributed by atoms with van der Waals surface area (Å²) in [6.45, 7) is 5.76. The lowest BCUT2D eigenvalue weighted by Gasteiger charge is -2.27. The predicted octanol–water partition coefficient (Wildman–Crippen LogP) is 1.83. The number of aliphatic carboxylic acids is 1. The van der Waals surface area contributed by atoms with Crippen molar-refractivity contribution in [3.63, 3.8) is 0 Å². The maximum Gasteiger partial charge on any atom is 0.337 e. The van der Waals surface area contributed by atoms with Crippen LogP contribution in [0.4, 0.5) is 4.39 Å². The summed E-state index contributed by atoms with van der Waals surface area (Å²) in [5.41, 5.74) is -0.642. The van der Waals surface area contributed by atoms with Crippen LogP contribution < -0.4 is 5.32 Å². The third-order valence-corrected chi connectivity index (χ3v) is 3.19. The van der Waals surface area contributed by atoms with Crippen molar-refractivity contribution < 1.29 is 28.6 Å². The second-order valence-electron chi connectivity index (χ2n) is 6.56. The quantitative estimate of drug-likeness (QED) is 0.401. The summed E-state index contributed by atoms with van der Waals surface area (Å²) in [7, 11) is 0. The van der Waals surface area contributed by atoms with Crippen molar-refractivity contribution in [3.8, 4) is 0 Å². The highest BCUT2D eigenvalue weighted by Gasteiger charge is 2.37. The van der Waals surface area contributed by atoms with Gasteiger partial charge in [-0.3, -0.25) is 0 Å². The largest absolute Gasteiger partial charge is 0.478 e. The fraction of sp³-hybridized carbons (Fsp3) is 0.750. The minimum Gasteiger partial charge on any atom is -0.478 e. The fourth-order valence-corrected chi connectivity index (χ4v) is 2.26. The van der Waals surface area contributed by atoms with Crippen LogP contribution >= 0.6 is 0 Å². The van der Waals surface area contributed by atoms with Crippen molar-refractivity contribution >= 4 is 11.9 Å². The molecular formula is C16H26FNO5. The van der Waals surface area contributed by atoms with Gasteiger partial charge in [-0.1, -0.05) is 6.08 Å². The molecule has 0 aromatic rings. The molecule has 0 aromatic carbocycles. The summed E-state index contributed by atoms with van der Waals surface area (Å²) in [6.07, 6.45) is 2.04. The van der Waals surface area contributed by atoms with E-state index in [0.717, 1.165) is 6.08 Å². The van der Waals surface area contributed by atoms with Crippen LogP contribution in [0.15, 0.2) is 12.2 Å². The molecule has 0 radical (unpaired) electrons. The van der Waals surface area contributed by atoms with Crippen molar-refractivity contribution in [2.24, 2.45) is 0 Å². The average molecular weight is 331 g/mol. The van der Waals surface area contributed by atoms with E-state index in [2.05, 4.69) is 5.32 Å². The number of halogens is 1. The van der Waals surface area contributed by atoms with Gasteiger partial charge in [-0.05, 0) is 40.0 Å². The average Bonchev–Trinajstić information content (AvgIpc) is 2.81. The highest BCUT2D eigenvalue weighted by molar-refractivity contribution is 5.79. The molecular weight excluding hydrogens is 305 g/mol. The van der Waals surface area contributed by atoms with Gasteiger partial charge in [0.25, 0.3) is 0 Å². The Morgan fingerprint density at radius 1 is 1.43 bits per heavy atom. The Hall–Kier alpha value is -1.47. The molecule has 1 rings (SSSR count). The van der Waals surface area contributed by atoms with Gasteiger partial charge >= 0.3 is 11.9 Å². The summed E-state index contributed by atoms with van der Waals surface area (Å²) in [5, 5.41) is 11.4. The van der Waals surface area contributed by atoms with Crippen LogP contribution in [0.5, 0.6) is 0 Å². The predicted molar refractivity (Wildman–Crippen MR) is 82.9 cm³/mol. The van der Waals surface area contributed by atoms with Gasteiger partial charge in [0, 0.05) is 25.3 Å². The van der Waals surface area contributed by atoms with Gasteiger partial charge < -0.3 is 19.9 Å². The van der Waals surface area contributed by atoms with Crippen molar-refractivity contribution in [2.75, 3.05) is 13.2 Å². The maximum absolute atomic E-state index is 13.4. The molecule has 0 bridgehead atoms. The Balaban J connectivity index is 2.51. The Labute approximate surface area is 136 Å². The van der Waals surface area contributed by atoms with Crippen molar-refractivity contribution in [1.82, 2.24) is 5.32 Å². The normalized spacial score (nSPS) is 23.1. The molecule has 0 saturated carbocycles. The van der Waals surface area contributed by atoms with Crippen LogP contribution in [-0.2, 0) is 19.1 Å². The number of ether oxygens (including phenoxy) is 2. The number of carboxylic acid groups (broad SMARTS) is 1. The summed E-state index contributed by atoms with van der Waals surface area (Å²) in [4.78, 5) is 22.6. The van der Waals surface area contributed by atoms with Crippen molar-refractivity contribution in [1.29, 1.82) is 0 Å². The van der Waals surface area contributed by atoms with E-state index in [1.807, 2.05) is 0 Å². The lowest BCUT2D eigenvalue weighted by molar-refractivity contribution is -0.170. The molecule has 0 amide bonds. The first-order valence-corrected chi connectivity index (χ1v) is 7.80. The lowest BCUT2D eigenvalue weighted by atomic mass is 10.1. The molecule has 0 aliphatic carbocycles. The zero-order chi connectivity index (χ0) is 17.5. The Morgan fingerprint density at radius 3 is 2.65 bits per heavy atom. The number of carboxylic acids is 1. The number of unbranched alkanes of at least 4 members (excludes halogenated alkanes) is 1. The van der Waals surface area contributed by atoms with Gasteiger partial charge in [0.05, 0.1) is 0 Å². The Morgan fingerprint density at radius 2 is 2.13 bits per heavy atom. The van der Waals surface area contributed by atoms with E-state index in [1.165, 1.54) is 6.08 Å². The summed E-state index contributed by atoms with van der Waals surface area (Å²) in [6, 6.07) is -0.408. The number of alkyl halides is 1. The first-order valence-electron chi connectivity index (χ1n) is 7.80. The van der Waals surface area contributed by atoms with Crippen LogP contribution in [0, 0.1) is 0 Å². The number of rotatable bonds is 8. The first-order chi connectivity index (χ1) is 10.7. The van der Waals surface area contributed by atoms with Gasteiger partial charge in [-0.2, -0.15) is 0 Å². The molecule has 1 fully saturated rings. The number of nitrogens with one attached hydrogen (secondary N) is 1. The van der Waals surface area contributed by atoms with Gasteiger partial charge in [-0.25, -0.2) is 14.0 Å². The summed E-state index contributed by atoms with van der Waals surface area (Å²) >= 11 is 0. The Bertz CT molecular complexity index is 433. The molecule has 1 saturated heterocycles. The van der Waals surface area contributed by atoms with Crippen LogP contribution in [-0.4, -0.2) is 54.1 Å². The number of allylic oxidation sites excluding steroid dienone is 1. The molecule has 6 nitrogen and oxygen atoms in total. The van der Waals surface area contributed by atoms with Crippen molar-refractivity contribution in [2.45, 2.75) is 64.0 Å². The number of hydrogen-bond donors (Lipinski definition) is 2. The van der Waals surface area contributed by atoms with Crippen LogP contribution in [0.1, 0.15) is 40.0 Å². The van der Waals surface area contributed by atoms with E-state index in [0.29, 0.717) is 12.8 Å². The van der Waals surface area contributed by atoms with E-state index in [4.69, 9.17) is 14.6 Å². The number of hydrogen-bond acceptors (Lipinski definition) is 5. The van der Waals surface area contributed by atoms with Gasteiger partial charge in [0.1, 0.15) is 11.8 Å². The van der Waals surface area contributed by atoms with Crippen LogP contribution in [0.2, 0.25) is 0 Å². The topological polar surface area (TPSA) is 84.9 Å². The number of esters is 1. The first kappa shape index (κ1) is 19.6. The minimum absolute atomic E-state index is 0.203. The molecule has 1 unspecified atom stereocenters. The van der Waals surface area contributed by atoms with E-state index >= 15 is 0 Å². The number of carbonyl (C=O) groups is 2. The molecule has 7 heteroatoms. The molecule has 1 aliphatic heterocycles. The van der Waals surface area contributed by atoms with Gasteiger partial charge in [0.2, 0.25) is 0 Å². The SMILES string of the molecule is CC(C)(C)OC(=O)C(OCCCC=CC(=O)O)[C@@H]1C[C@H](F)CN1. The molecule has 132 valence electrons. The summed E-state index contributed by atoms with van der Waals surface area (Å²) < 4.78 is 24.3. The van der Waals surface area contributed by atoms with E-state index < -0.39 is 35.9 Å². The van der Waals surface area contributed by atoms with E-state index in [-0.39, 0.29) is 19.6 Å². The molecule has 1 aliphatic rings. The smallest absolute Gasteiger partial charge is 0.337 e. The zero-order valence-electron chi connectivity index (χ0n) is 13.9. The molecule has 0 spiro atoms. The van der Waals surface area contributed by atoms with Crippen LogP contribution in [0.25, 0.3) is 0 Å².